The normalized spacial score (nSPS) is 10.3. The zero-order valence-electron chi connectivity index (χ0n) is 10.1. The molecule has 1 aromatic heterocycles. The smallest absolute Gasteiger partial charge is 0.262 e. The molecular formula is C13H11F2N3O. The molecule has 1 amide bonds. The summed E-state index contributed by atoms with van der Waals surface area (Å²) >= 11 is 0. The van der Waals surface area contributed by atoms with Gasteiger partial charge in [0.1, 0.15) is 23.0 Å². The molecule has 19 heavy (non-hydrogen) atoms. The van der Waals surface area contributed by atoms with Crippen LogP contribution in [-0.2, 0) is 0 Å². The Morgan fingerprint density at radius 3 is 2.53 bits per heavy atom. The van der Waals surface area contributed by atoms with Gasteiger partial charge in [0, 0.05) is 0 Å². The number of aromatic nitrogens is 1. The summed E-state index contributed by atoms with van der Waals surface area (Å²) in [5.41, 5.74) is 6.12. The van der Waals surface area contributed by atoms with E-state index in [-0.39, 0.29) is 5.82 Å². The van der Waals surface area contributed by atoms with E-state index in [0.717, 1.165) is 12.1 Å². The molecule has 98 valence electrons. The molecule has 0 bridgehead atoms. The Morgan fingerprint density at radius 2 is 1.95 bits per heavy atom. The number of rotatable bonds is 2. The highest BCUT2D eigenvalue weighted by Crippen LogP contribution is 2.16. The number of pyridine rings is 1. The van der Waals surface area contributed by atoms with Crippen LogP contribution in [-0.4, -0.2) is 10.9 Å². The van der Waals surface area contributed by atoms with Crippen molar-refractivity contribution in [3.05, 3.63) is 53.2 Å². The predicted molar refractivity (Wildman–Crippen MR) is 67.7 cm³/mol. The Bertz CT molecular complexity index is 624. The van der Waals surface area contributed by atoms with E-state index < -0.39 is 23.1 Å². The summed E-state index contributed by atoms with van der Waals surface area (Å²) in [6, 6.07) is 4.73. The number of amides is 1. The van der Waals surface area contributed by atoms with Gasteiger partial charge in [-0.05, 0) is 30.7 Å². The Morgan fingerprint density at radius 1 is 1.32 bits per heavy atom. The molecule has 0 fully saturated rings. The number of carbonyl (C=O) groups excluding carboxylic acids is 1. The largest absolute Gasteiger partial charge is 0.397 e. The van der Waals surface area contributed by atoms with Gasteiger partial charge < -0.3 is 11.1 Å². The summed E-state index contributed by atoms with van der Waals surface area (Å²) in [4.78, 5) is 15.7. The van der Waals surface area contributed by atoms with Gasteiger partial charge in [-0.2, -0.15) is 0 Å². The number of nitrogen functional groups attached to an aromatic ring is 1. The maximum Gasteiger partial charge on any atom is 0.262 e. The molecule has 0 unspecified atom stereocenters. The van der Waals surface area contributed by atoms with Crippen LogP contribution in [0.15, 0.2) is 30.5 Å². The molecule has 0 radical (unpaired) electrons. The summed E-state index contributed by atoms with van der Waals surface area (Å²) < 4.78 is 26.8. The topological polar surface area (TPSA) is 68.0 Å². The van der Waals surface area contributed by atoms with Crippen molar-refractivity contribution in [1.82, 2.24) is 4.98 Å². The monoisotopic (exact) mass is 263 g/mol. The second kappa shape index (κ2) is 5.01. The number of benzene rings is 1. The molecule has 2 rings (SSSR count). The van der Waals surface area contributed by atoms with Gasteiger partial charge in [-0.25, -0.2) is 13.8 Å². The fourth-order valence-electron chi connectivity index (χ4n) is 1.53. The van der Waals surface area contributed by atoms with Gasteiger partial charge in [-0.15, -0.1) is 0 Å². The van der Waals surface area contributed by atoms with Crippen molar-refractivity contribution in [1.29, 1.82) is 0 Å². The van der Waals surface area contributed by atoms with E-state index in [1.165, 1.54) is 18.3 Å². The lowest BCUT2D eigenvalue weighted by atomic mass is 10.2. The molecular weight excluding hydrogens is 252 g/mol. The lowest BCUT2D eigenvalue weighted by molar-refractivity contribution is 0.101. The average molecular weight is 263 g/mol. The molecule has 0 aliphatic carbocycles. The molecule has 0 saturated carbocycles. The maximum atomic E-state index is 13.4. The lowest BCUT2D eigenvalue weighted by Crippen LogP contribution is -2.16. The van der Waals surface area contributed by atoms with Crippen molar-refractivity contribution in [2.75, 3.05) is 11.1 Å². The molecule has 3 N–H and O–H groups in total. The zero-order chi connectivity index (χ0) is 14.0. The van der Waals surface area contributed by atoms with Crippen molar-refractivity contribution in [3.8, 4) is 0 Å². The molecule has 4 nitrogen and oxygen atoms in total. The van der Waals surface area contributed by atoms with Crippen molar-refractivity contribution >= 4 is 17.4 Å². The number of anilines is 2. The molecule has 1 aromatic carbocycles. The van der Waals surface area contributed by atoms with Gasteiger partial charge >= 0.3 is 0 Å². The molecule has 0 saturated heterocycles. The minimum absolute atomic E-state index is 0.180. The first-order valence-corrected chi connectivity index (χ1v) is 5.46. The standard InChI is InChI=1S/C13H11F2N3O/c1-7-5-11(17-6-10(7)16)18-13(19)12-8(14)3-2-4-9(12)15/h2-6H,16H2,1H3,(H,17,18,19). The number of nitrogens with two attached hydrogens (primary N) is 1. The number of nitrogens with one attached hydrogen (secondary N) is 1. The second-order valence-electron chi connectivity index (χ2n) is 3.98. The van der Waals surface area contributed by atoms with Crippen LogP contribution in [0, 0.1) is 18.6 Å². The summed E-state index contributed by atoms with van der Waals surface area (Å²) in [7, 11) is 0. The van der Waals surface area contributed by atoms with Crippen LogP contribution >= 0.6 is 0 Å². The molecule has 6 heteroatoms. The number of aryl methyl sites for hydroxylation is 1. The molecule has 0 aliphatic rings. The SMILES string of the molecule is Cc1cc(NC(=O)c2c(F)cccc2F)ncc1N. The van der Waals surface area contributed by atoms with Gasteiger partial charge in [-0.1, -0.05) is 6.07 Å². The van der Waals surface area contributed by atoms with Crippen LogP contribution in [0.4, 0.5) is 20.3 Å². The third-order valence-corrected chi connectivity index (χ3v) is 2.58. The quantitative estimate of drug-likeness (QED) is 0.874. The molecule has 2 aromatic rings. The number of hydrogen-bond acceptors (Lipinski definition) is 3. The Kier molecular flexibility index (Phi) is 3.41. The van der Waals surface area contributed by atoms with Gasteiger partial charge in [-0.3, -0.25) is 4.79 Å². The van der Waals surface area contributed by atoms with Crippen LogP contribution in [0.1, 0.15) is 15.9 Å². The fraction of sp³-hybridized carbons (Fsp3) is 0.0769. The maximum absolute atomic E-state index is 13.4. The van der Waals surface area contributed by atoms with E-state index in [2.05, 4.69) is 10.3 Å². The van der Waals surface area contributed by atoms with Crippen LogP contribution in [0.25, 0.3) is 0 Å². The summed E-state index contributed by atoms with van der Waals surface area (Å²) in [6.07, 6.45) is 1.36. The fourth-order valence-corrected chi connectivity index (χ4v) is 1.53. The van der Waals surface area contributed by atoms with Crippen molar-refractivity contribution in [2.24, 2.45) is 0 Å². The van der Waals surface area contributed by atoms with Gasteiger partial charge in [0.15, 0.2) is 0 Å². The van der Waals surface area contributed by atoms with Crippen molar-refractivity contribution in [2.45, 2.75) is 6.92 Å². The number of carbonyl (C=O) groups is 1. The minimum Gasteiger partial charge on any atom is -0.397 e. The molecule has 0 spiro atoms. The first-order valence-electron chi connectivity index (χ1n) is 5.46. The van der Waals surface area contributed by atoms with E-state index in [1.54, 1.807) is 6.92 Å². The third kappa shape index (κ3) is 2.67. The van der Waals surface area contributed by atoms with Crippen LogP contribution < -0.4 is 11.1 Å². The summed E-state index contributed by atoms with van der Waals surface area (Å²) in [5, 5.41) is 2.32. The number of halogens is 2. The van der Waals surface area contributed by atoms with Gasteiger partial charge in [0.25, 0.3) is 5.91 Å². The van der Waals surface area contributed by atoms with E-state index in [4.69, 9.17) is 5.73 Å². The highest BCUT2D eigenvalue weighted by atomic mass is 19.1. The second-order valence-corrected chi connectivity index (χ2v) is 3.98. The molecule has 0 aliphatic heterocycles. The first kappa shape index (κ1) is 12.9. The van der Waals surface area contributed by atoms with Crippen LogP contribution in [0.3, 0.4) is 0 Å². The predicted octanol–water partition coefficient (Wildman–Crippen LogP) is 2.50. The van der Waals surface area contributed by atoms with Gasteiger partial charge in [0.05, 0.1) is 11.9 Å². The van der Waals surface area contributed by atoms with E-state index in [9.17, 15) is 13.6 Å². The Labute approximate surface area is 108 Å². The minimum atomic E-state index is -0.926. The number of hydrogen-bond donors (Lipinski definition) is 2. The van der Waals surface area contributed by atoms with E-state index in [1.807, 2.05) is 0 Å². The van der Waals surface area contributed by atoms with Crippen molar-refractivity contribution < 1.29 is 13.6 Å². The van der Waals surface area contributed by atoms with Crippen molar-refractivity contribution in [3.63, 3.8) is 0 Å². The lowest BCUT2D eigenvalue weighted by Gasteiger charge is -2.07. The number of nitrogens with zero attached hydrogens (tertiary/aromatic N) is 1. The van der Waals surface area contributed by atoms with Crippen LogP contribution in [0.5, 0.6) is 0 Å². The molecule has 0 atom stereocenters. The van der Waals surface area contributed by atoms with Crippen LogP contribution in [0.2, 0.25) is 0 Å². The average Bonchev–Trinajstić information content (AvgIpc) is 2.33. The van der Waals surface area contributed by atoms with E-state index >= 15 is 0 Å². The van der Waals surface area contributed by atoms with E-state index in [0.29, 0.717) is 11.3 Å². The molecule has 1 heterocycles. The Balaban J connectivity index is 2.28. The highest BCUT2D eigenvalue weighted by Gasteiger charge is 2.17. The Hall–Kier alpha value is -2.50. The summed E-state index contributed by atoms with van der Waals surface area (Å²) in [5.74, 6) is -2.57. The zero-order valence-corrected chi connectivity index (χ0v) is 10.1. The highest BCUT2D eigenvalue weighted by molar-refractivity contribution is 6.04. The first-order chi connectivity index (χ1) is 8.99. The third-order valence-electron chi connectivity index (χ3n) is 2.58. The van der Waals surface area contributed by atoms with Gasteiger partial charge in [0.2, 0.25) is 0 Å². The summed E-state index contributed by atoms with van der Waals surface area (Å²) in [6.45, 7) is 1.73.